The fraction of sp³-hybridized carbons (Fsp3) is 0.333. The molecule has 0 fully saturated rings. The number of rotatable bonds is 7. The van der Waals surface area contributed by atoms with Crippen molar-refractivity contribution < 1.29 is 14.7 Å². The Morgan fingerprint density at radius 3 is 2.40 bits per heavy atom. The van der Waals surface area contributed by atoms with Gasteiger partial charge in [0.05, 0.1) is 27.3 Å². The van der Waals surface area contributed by atoms with Crippen molar-refractivity contribution in [3.63, 3.8) is 0 Å². The second kappa shape index (κ2) is 8.32. The first-order valence-electron chi connectivity index (χ1n) is 5.77. The molecule has 3 N–H and O–H groups in total. The maximum absolute atomic E-state index is 11.6. The van der Waals surface area contributed by atoms with Crippen molar-refractivity contribution >= 4 is 52.4 Å². The van der Waals surface area contributed by atoms with Crippen molar-refractivity contribution in [1.82, 2.24) is 5.32 Å². The molecule has 0 radical (unpaired) electrons. The first kappa shape index (κ1) is 17.0. The molecule has 8 heteroatoms. The summed E-state index contributed by atoms with van der Waals surface area (Å²) in [6.07, 6.45) is 0.517. The van der Waals surface area contributed by atoms with Gasteiger partial charge in [-0.2, -0.15) is 0 Å². The number of halogens is 3. The summed E-state index contributed by atoms with van der Waals surface area (Å²) in [5.74, 6) is -1.17. The van der Waals surface area contributed by atoms with Gasteiger partial charge in [0.15, 0.2) is 0 Å². The maximum Gasteiger partial charge on any atom is 0.303 e. The largest absolute Gasteiger partial charge is 0.481 e. The van der Waals surface area contributed by atoms with Crippen molar-refractivity contribution in [2.24, 2.45) is 0 Å². The lowest BCUT2D eigenvalue weighted by Gasteiger charge is -2.09. The Bertz CT molecular complexity index is 509. The van der Waals surface area contributed by atoms with Gasteiger partial charge in [0.2, 0.25) is 5.91 Å². The molecule has 0 heterocycles. The van der Waals surface area contributed by atoms with E-state index in [1.54, 1.807) is 0 Å². The zero-order chi connectivity index (χ0) is 15.1. The lowest BCUT2D eigenvalue weighted by molar-refractivity contribution is -0.137. The monoisotopic (exact) mass is 338 g/mol. The van der Waals surface area contributed by atoms with Crippen LogP contribution in [-0.2, 0) is 9.59 Å². The summed E-state index contributed by atoms with van der Waals surface area (Å²) in [4.78, 5) is 21.9. The lowest BCUT2D eigenvalue weighted by Crippen LogP contribution is -2.29. The number of carboxylic acid groups (broad SMARTS) is 1. The van der Waals surface area contributed by atoms with Crippen LogP contribution in [0.4, 0.5) is 5.69 Å². The minimum absolute atomic E-state index is 0.0518. The van der Waals surface area contributed by atoms with Crippen LogP contribution in [0.1, 0.15) is 12.8 Å². The second-order valence-electron chi connectivity index (χ2n) is 3.97. The third kappa shape index (κ3) is 5.96. The molecule has 0 bridgehead atoms. The molecule has 0 spiro atoms. The molecule has 1 amide bonds. The molecule has 1 aromatic rings. The molecule has 0 atom stereocenters. The number of nitrogens with one attached hydrogen (secondary N) is 2. The van der Waals surface area contributed by atoms with Crippen LogP contribution in [0.2, 0.25) is 15.1 Å². The Labute approximate surface area is 131 Å². The zero-order valence-electron chi connectivity index (χ0n) is 10.4. The number of hydrogen-bond donors (Lipinski definition) is 3. The lowest BCUT2D eigenvalue weighted by atomic mass is 10.3. The topological polar surface area (TPSA) is 78.4 Å². The van der Waals surface area contributed by atoms with Crippen LogP contribution in [0.5, 0.6) is 0 Å². The summed E-state index contributed by atoms with van der Waals surface area (Å²) in [5.41, 5.74) is 0.374. The van der Waals surface area contributed by atoms with Gasteiger partial charge >= 0.3 is 5.97 Å². The summed E-state index contributed by atoms with van der Waals surface area (Å²) >= 11 is 17.5. The number of carbonyl (C=O) groups excluding carboxylic acids is 1. The van der Waals surface area contributed by atoms with Crippen LogP contribution < -0.4 is 10.6 Å². The quantitative estimate of drug-likeness (QED) is 0.527. The highest BCUT2D eigenvalue weighted by atomic mass is 35.5. The van der Waals surface area contributed by atoms with Crippen molar-refractivity contribution in [1.29, 1.82) is 0 Å². The molecule has 110 valence electrons. The van der Waals surface area contributed by atoms with Gasteiger partial charge in [-0.05, 0) is 25.1 Å². The van der Waals surface area contributed by atoms with Crippen molar-refractivity contribution in [3.05, 3.63) is 27.2 Å². The van der Waals surface area contributed by atoms with E-state index in [2.05, 4.69) is 10.6 Å². The van der Waals surface area contributed by atoms with Gasteiger partial charge in [0, 0.05) is 6.42 Å². The minimum atomic E-state index is -0.862. The van der Waals surface area contributed by atoms with Gasteiger partial charge in [-0.25, -0.2) is 0 Å². The van der Waals surface area contributed by atoms with E-state index in [1.807, 2.05) is 0 Å². The zero-order valence-corrected chi connectivity index (χ0v) is 12.6. The van der Waals surface area contributed by atoms with E-state index in [1.165, 1.54) is 12.1 Å². The molecule has 20 heavy (non-hydrogen) atoms. The van der Waals surface area contributed by atoms with E-state index in [9.17, 15) is 9.59 Å². The first-order valence-corrected chi connectivity index (χ1v) is 6.90. The van der Waals surface area contributed by atoms with E-state index in [-0.39, 0.29) is 18.9 Å². The van der Waals surface area contributed by atoms with Gasteiger partial charge in [0.1, 0.15) is 0 Å². The molecule has 0 unspecified atom stereocenters. The molecular formula is C12H13Cl3N2O3. The van der Waals surface area contributed by atoms with E-state index in [0.29, 0.717) is 33.7 Å². The third-order valence-electron chi connectivity index (χ3n) is 2.31. The standard InChI is InChI=1S/C12H13Cl3N2O3/c13-7-4-9(15)10(5-8(7)14)17-11(18)6-16-3-1-2-12(19)20/h4-5,16H,1-3,6H2,(H,17,18)(H,19,20). The van der Waals surface area contributed by atoms with Crippen LogP contribution in [0.15, 0.2) is 12.1 Å². The average molecular weight is 340 g/mol. The number of carboxylic acids is 1. The normalized spacial score (nSPS) is 10.3. The summed E-state index contributed by atoms with van der Waals surface area (Å²) in [7, 11) is 0. The number of anilines is 1. The van der Waals surface area contributed by atoms with Gasteiger partial charge in [-0.15, -0.1) is 0 Å². The molecule has 0 saturated heterocycles. The Morgan fingerprint density at radius 2 is 1.75 bits per heavy atom. The fourth-order valence-electron chi connectivity index (χ4n) is 1.38. The van der Waals surface area contributed by atoms with Crippen LogP contribution in [0, 0.1) is 0 Å². The highest BCUT2D eigenvalue weighted by molar-refractivity contribution is 6.44. The predicted octanol–water partition coefficient (Wildman–Crippen LogP) is 3.04. The number of aliphatic carboxylic acids is 1. The number of benzene rings is 1. The highest BCUT2D eigenvalue weighted by Crippen LogP contribution is 2.32. The third-order valence-corrected chi connectivity index (χ3v) is 3.35. The molecule has 1 aromatic carbocycles. The summed E-state index contributed by atoms with van der Waals surface area (Å²) < 4.78 is 0. The predicted molar refractivity (Wildman–Crippen MR) is 79.8 cm³/mol. The second-order valence-corrected chi connectivity index (χ2v) is 5.19. The molecule has 0 aromatic heterocycles. The summed E-state index contributed by atoms with van der Waals surface area (Å²) in [6, 6.07) is 2.91. The van der Waals surface area contributed by atoms with Gasteiger partial charge < -0.3 is 15.7 Å². The minimum Gasteiger partial charge on any atom is -0.481 e. The molecular weight excluding hydrogens is 327 g/mol. The summed E-state index contributed by atoms with van der Waals surface area (Å²) in [5, 5.41) is 14.8. The molecule has 0 aliphatic heterocycles. The Hall–Kier alpha value is -1.01. The molecule has 0 aliphatic carbocycles. The van der Waals surface area contributed by atoms with E-state index >= 15 is 0 Å². The van der Waals surface area contributed by atoms with Gasteiger partial charge in [-0.1, -0.05) is 34.8 Å². The Kier molecular flexibility index (Phi) is 7.09. The van der Waals surface area contributed by atoms with Gasteiger partial charge in [0.25, 0.3) is 0 Å². The summed E-state index contributed by atoms with van der Waals surface area (Å²) in [6.45, 7) is 0.491. The van der Waals surface area contributed by atoms with E-state index in [0.717, 1.165) is 0 Å². The number of hydrogen-bond acceptors (Lipinski definition) is 3. The highest BCUT2D eigenvalue weighted by Gasteiger charge is 2.09. The smallest absolute Gasteiger partial charge is 0.303 e. The number of carbonyl (C=O) groups is 2. The van der Waals surface area contributed by atoms with Crippen molar-refractivity contribution in [2.45, 2.75) is 12.8 Å². The van der Waals surface area contributed by atoms with E-state index < -0.39 is 5.97 Å². The molecule has 1 rings (SSSR count). The van der Waals surface area contributed by atoms with Crippen molar-refractivity contribution in [3.8, 4) is 0 Å². The SMILES string of the molecule is O=C(O)CCCNCC(=O)Nc1cc(Cl)c(Cl)cc1Cl. The first-order chi connectivity index (χ1) is 9.40. The van der Waals surface area contributed by atoms with Crippen LogP contribution in [-0.4, -0.2) is 30.1 Å². The Balaban J connectivity index is 2.39. The van der Waals surface area contributed by atoms with Gasteiger partial charge in [-0.3, -0.25) is 9.59 Å². The molecule has 5 nitrogen and oxygen atoms in total. The van der Waals surface area contributed by atoms with E-state index in [4.69, 9.17) is 39.9 Å². The average Bonchev–Trinajstić information content (AvgIpc) is 2.35. The number of amides is 1. The van der Waals surface area contributed by atoms with Crippen LogP contribution in [0.25, 0.3) is 0 Å². The van der Waals surface area contributed by atoms with Crippen LogP contribution in [0.3, 0.4) is 0 Å². The fourth-order valence-corrected chi connectivity index (χ4v) is 1.97. The van der Waals surface area contributed by atoms with Crippen LogP contribution >= 0.6 is 34.8 Å². The van der Waals surface area contributed by atoms with Crippen molar-refractivity contribution in [2.75, 3.05) is 18.4 Å². The Morgan fingerprint density at radius 1 is 1.10 bits per heavy atom. The molecule has 0 aliphatic rings. The molecule has 0 saturated carbocycles. The maximum atomic E-state index is 11.6.